The van der Waals surface area contributed by atoms with Crippen LogP contribution in [0.3, 0.4) is 0 Å². The number of nitrogens with one attached hydrogen (secondary N) is 3. The van der Waals surface area contributed by atoms with Crippen molar-refractivity contribution in [1.82, 2.24) is 45.5 Å². The first-order chi connectivity index (χ1) is 32.6. The second-order valence-corrected chi connectivity index (χ2v) is 21.1. The molecule has 9 heteroatoms. The summed E-state index contributed by atoms with van der Waals surface area (Å²) in [5.41, 5.74) is 21.9. The fourth-order valence-electron chi connectivity index (χ4n) is 10.2. The Morgan fingerprint density at radius 3 is 1.06 bits per heavy atom. The molecule has 0 amide bonds. The van der Waals surface area contributed by atoms with Gasteiger partial charge in [-0.3, -0.25) is 30.2 Å². The van der Waals surface area contributed by atoms with E-state index in [0.29, 0.717) is 0 Å². The van der Waals surface area contributed by atoms with E-state index in [1.54, 1.807) is 0 Å². The summed E-state index contributed by atoms with van der Waals surface area (Å²) in [6.07, 6.45) is 9.11. The lowest BCUT2D eigenvalue weighted by Gasteiger charge is -2.38. The third-order valence-corrected chi connectivity index (χ3v) is 14.0. The van der Waals surface area contributed by atoms with Gasteiger partial charge in [-0.05, 0) is 150 Å². The van der Waals surface area contributed by atoms with Crippen molar-refractivity contribution in [1.29, 1.82) is 0 Å². The van der Waals surface area contributed by atoms with Gasteiger partial charge in [-0.25, -0.2) is 0 Å². The Balaban J connectivity index is 1.11. The van der Waals surface area contributed by atoms with E-state index < -0.39 is 0 Å². The van der Waals surface area contributed by atoms with Crippen LogP contribution in [0.5, 0.6) is 0 Å². The Morgan fingerprint density at radius 1 is 0.382 bits per heavy atom. The highest BCUT2D eigenvalue weighted by molar-refractivity contribution is 5.74. The van der Waals surface area contributed by atoms with Gasteiger partial charge in [-0.1, -0.05) is 120 Å². The number of pyridine rings is 3. The molecule has 9 nitrogen and oxygen atoms in total. The summed E-state index contributed by atoms with van der Waals surface area (Å²) in [5.74, 6) is 0.735. The molecule has 0 radical (unpaired) electrons. The van der Waals surface area contributed by atoms with Gasteiger partial charge in [0.05, 0.1) is 17.1 Å². The quantitative estimate of drug-likeness (QED) is 0.133. The van der Waals surface area contributed by atoms with Crippen LogP contribution in [0.1, 0.15) is 123 Å². The first-order valence-corrected chi connectivity index (χ1v) is 24.0. The van der Waals surface area contributed by atoms with Gasteiger partial charge in [0.2, 0.25) is 0 Å². The van der Waals surface area contributed by atoms with Crippen molar-refractivity contribution in [3.8, 4) is 67.5 Å². The highest BCUT2D eigenvalue weighted by Crippen LogP contribution is 2.53. The standard InChI is InChI=1S/C59H61N9/c1-35-24-55(66-63-35)52-21-14-38(32-60-52)46-12-10-11-13-47(46)41-27-42(48-19-17-44(58(4,5)6)30-50(48)39-15-22-53(61-33-39)56-25-36(2)64-67-56)29-43(28-41)49-20-18-45(59(7,8)9)31-51(49)40-16-23-54(62-34-40)57-26-37(3)65-68-57/h10-26,30-34,41-43H,27-29H2,1-9H3,(H,63,66)(H,64,67)(H,65,68). The maximum Gasteiger partial charge on any atom is 0.111 e. The smallest absolute Gasteiger partial charge is 0.111 e. The number of aromatic amines is 3. The Kier molecular flexibility index (Phi) is 11.6. The summed E-state index contributed by atoms with van der Waals surface area (Å²) < 4.78 is 0. The van der Waals surface area contributed by atoms with E-state index in [9.17, 15) is 0 Å². The molecule has 1 aliphatic carbocycles. The average molecular weight is 896 g/mol. The third kappa shape index (κ3) is 9.09. The molecule has 342 valence electrons. The first-order valence-electron chi connectivity index (χ1n) is 24.0. The van der Waals surface area contributed by atoms with E-state index in [1.165, 1.54) is 44.5 Å². The molecule has 0 bridgehead atoms. The van der Waals surface area contributed by atoms with Gasteiger partial charge in [0.25, 0.3) is 0 Å². The number of rotatable bonds is 9. The van der Waals surface area contributed by atoms with Crippen LogP contribution in [0.2, 0.25) is 0 Å². The van der Waals surface area contributed by atoms with Crippen LogP contribution in [-0.2, 0) is 10.8 Å². The van der Waals surface area contributed by atoms with Gasteiger partial charge < -0.3 is 0 Å². The van der Waals surface area contributed by atoms with Gasteiger partial charge in [0, 0.05) is 52.4 Å². The molecule has 2 atom stereocenters. The van der Waals surface area contributed by atoms with Gasteiger partial charge in [0.1, 0.15) is 17.1 Å². The van der Waals surface area contributed by atoms with E-state index in [2.05, 4.69) is 169 Å². The molecule has 9 aromatic rings. The van der Waals surface area contributed by atoms with Gasteiger partial charge >= 0.3 is 0 Å². The van der Waals surface area contributed by atoms with Crippen LogP contribution in [0.25, 0.3) is 67.5 Å². The van der Waals surface area contributed by atoms with Gasteiger partial charge in [-0.2, -0.15) is 15.3 Å². The number of aromatic nitrogens is 9. The summed E-state index contributed by atoms with van der Waals surface area (Å²) in [7, 11) is 0. The van der Waals surface area contributed by atoms with E-state index in [-0.39, 0.29) is 28.6 Å². The predicted molar refractivity (Wildman–Crippen MR) is 275 cm³/mol. The van der Waals surface area contributed by atoms with E-state index in [0.717, 1.165) is 87.2 Å². The minimum Gasteiger partial charge on any atom is -0.282 e. The average Bonchev–Trinajstić information content (AvgIpc) is 4.11. The van der Waals surface area contributed by atoms with E-state index in [1.807, 2.05) is 57.6 Å². The topological polar surface area (TPSA) is 125 Å². The highest BCUT2D eigenvalue weighted by atomic mass is 15.1. The molecule has 0 aliphatic heterocycles. The number of hydrogen-bond acceptors (Lipinski definition) is 6. The second kappa shape index (κ2) is 17.8. The van der Waals surface area contributed by atoms with Crippen molar-refractivity contribution in [3.05, 3.63) is 179 Å². The maximum absolute atomic E-state index is 5.01. The van der Waals surface area contributed by atoms with Crippen molar-refractivity contribution in [2.24, 2.45) is 0 Å². The lowest BCUT2D eigenvalue weighted by Crippen LogP contribution is -2.22. The summed E-state index contributed by atoms with van der Waals surface area (Å²) in [4.78, 5) is 15.0. The molecule has 68 heavy (non-hydrogen) atoms. The number of aryl methyl sites for hydroxylation is 3. The zero-order chi connectivity index (χ0) is 47.3. The number of H-pyrrole nitrogens is 3. The van der Waals surface area contributed by atoms with Gasteiger partial charge in [-0.15, -0.1) is 0 Å². The van der Waals surface area contributed by atoms with Crippen molar-refractivity contribution in [2.45, 2.75) is 110 Å². The lowest BCUT2D eigenvalue weighted by molar-refractivity contribution is 0.352. The predicted octanol–water partition coefficient (Wildman–Crippen LogP) is 14.4. The molecule has 3 aromatic carbocycles. The highest BCUT2D eigenvalue weighted by Gasteiger charge is 2.36. The lowest BCUT2D eigenvalue weighted by atomic mass is 9.66. The molecule has 1 fully saturated rings. The molecule has 2 unspecified atom stereocenters. The molecular weight excluding hydrogens is 835 g/mol. The van der Waals surface area contributed by atoms with Crippen LogP contribution in [0, 0.1) is 20.8 Å². The molecule has 0 saturated heterocycles. The molecule has 1 aliphatic rings. The Morgan fingerprint density at radius 2 is 0.735 bits per heavy atom. The SMILES string of the molecule is Cc1cc(-c2ccc(-c3ccccc3C3CC(c4ccc(C(C)(C)C)cc4-c4ccc(-c5cc(C)[nH]n5)nc4)CC(c4ccc(C(C)(C)C)cc4-c4ccc(-c5cc(C)[nH]n5)nc4)C3)cn2)n[nH]1. The minimum atomic E-state index is -0.0351. The summed E-state index contributed by atoms with van der Waals surface area (Å²) >= 11 is 0. The summed E-state index contributed by atoms with van der Waals surface area (Å²) in [6, 6.07) is 42.6. The van der Waals surface area contributed by atoms with Crippen molar-refractivity contribution >= 4 is 0 Å². The van der Waals surface area contributed by atoms with Crippen LogP contribution in [0.4, 0.5) is 0 Å². The van der Waals surface area contributed by atoms with Crippen molar-refractivity contribution in [3.63, 3.8) is 0 Å². The van der Waals surface area contributed by atoms with Crippen LogP contribution >= 0.6 is 0 Å². The zero-order valence-corrected chi connectivity index (χ0v) is 40.7. The fraction of sp³-hybridized carbons (Fsp3) is 0.288. The number of hydrogen-bond donors (Lipinski definition) is 3. The Labute approximate surface area is 400 Å². The monoisotopic (exact) mass is 896 g/mol. The van der Waals surface area contributed by atoms with Crippen LogP contribution < -0.4 is 0 Å². The molecule has 0 spiro atoms. The third-order valence-electron chi connectivity index (χ3n) is 14.0. The van der Waals surface area contributed by atoms with Crippen molar-refractivity contribution in [2.75, 3.05) is 0 Å². The van der Waals surface area contributed by atoms with E-state index >= 15 is 0 Å². The molecule has 6 aromatic heterocycles. The molecule has 6 heterocycles. The normalized spacial score (nSPS) is 16.6. The fourth-order valence-corrected chi connectivity index (χ4v) is 10.2. The zero-order valence-electron chi connectivity index (χ0n) is 40.7. The van der Waals surface area contributed by atoms with Crippen LogP contribution in [0.15, 0.2) is 134 Å². The van der Waals surface area contributed by atoms with Crippen LogP contribution in [-0.4, -0.2) is 45.5 Å². The number of benzene rings is 3. The molecule has 1 saturated carbocycles. The second-order valence-electron chi connectivity index (χ2n) is 21.1. The van der Waals surface area contributed by atoms with Crippen molar-refractivity contribution < 1.29 is 0 Å². The van der Waals surface area contributed by atoms with E-state index in [4.69, 9.17) is 15.0 Å². The molecule has 3 N–H and O–H groups in total. The summed E-state index contributed by atoms with van der Waals surface area (Å²) in [5, 5.41) is 22.7. The summed E-state index contributed by atoms with van der Waals surface area (Å²) in [6.45, 7) is 19.9. The Bertz CT molecular complexity index is 3060. The van der Waals surface area contributed by atoms with Gasteiger partial charge in [0.15, 0.2) is 0 Å². The molecule has 10 rings (SSSR count). The minimum absolute atomic E-state index is 0.0351. The molecular formula is C59H61N9. The Hall–Kier alpha value is -7.26. The number of nitrogens with zero attached hydrogens (tertiary/aromatic N) is 6. The largest absolute Gasteiger partial charge is 0.282 e. The first kappa shape index (κ1) is 44.6. The maximum atomic E-state index is 5.01.